The zero-order valence-corrected chi connectivity index (χ0v) is 14.5. The molecule has 0 saturated carbocycles. The van der Waals surface area contributed by atoms with E-state index in [0.717, 1.165) is 24.0 Å². The Hall–Kier alpha value is -0.540. The van der Waals surface area contributed by atoms with Crippen LogP contribution in [0.5, 0.6) is 0 Å². The average Bonchev–Trinajstić information content (AvgIpc) is 2.40. The van der Waals surface area contributed by atoms with Crippen LogP contribution < -0.4 is 10.6 Å². The van der Waals surface area contributed by atoms with Gasteiger partial charge in [-0.05, 0) is 55.4 Å². The maximum absolute atomic E-state index is 6.00. The third-order valence-electron chi connectivity index (χ3n) is 4.75. The highest BCUT2D eigenvalue weighted by atomic mass is 79.9. The second-order valence-electron chi connectivity index (χ2n) is 6.61. The van der Waals surface area contributed by atoms with Crippen LogP contribution in [0.4, 0.5) is 5.69 Å². The quantitative estimate of drug-likeness (QED) is 0.883. The van der Waals surface area contributed by atoms with Crippen molar-refractivity contribution in [2.45, 2.75) is 52.5 Å². The Morgan fingerprint density at radius 3 is 2.55 bits per heavy atom. The topological polar surface area (TPSA) is 29.3 Å². The maximum atomic E-state index is 6.00. The van der Waals surface area contributed by atoms with E-state index in [1.807, 2.05) is 0 Å². The highest BCUT2D eigenvalue weighted by Crippen LogP contribution is 2.37. The number of piperidine rings is 1. The molecule has 1 aliphatic rings. The summed E-state index contributed by atoms with van der Waals surface area (Å²) in [6.07, 6.45) is 4.80. The van der Waals surface area contributed by atoms with Gasteiger partial charge in [0.2, 0.25) is 0 Å². The van der Waals surface area contributed by atoms with Crippen LogP contribution in [0.15, 0.2) is 22.7 Å². The zero-order chi connectivity index (χ0) is 14.8. The van der Waals surface area contributed by atoms with Crippen molar-refractivity contribution in [1.29, 1.82) is 0 Å². The van der Waals surface area contributed by atoms with Crippen LogP contribution in [0, 0.1) is 5.41 Å². The predicted octanol–water partition coefficient (Wildman–Crippen LogP) is 4.36. The summed E-state index contributed by atoms with van der Waals surface area (Å²) in [5.74, 6) is 0. The molecule has 0 aliphatic carbocycles. The van der Waals surface area contributed by atoms with Crippen molar-refractivity contribution in [3.8, 4) is 0 Å². The first kappa shape index (κ1) is 15.8. The molecule has 2 N–H and O–H groups in total. The first-order valence-corrected chi connectivity index (χ1v) is 8.52. The molecule has 20 heavy (non-hydrogen) atoms. The second-order valence-corrected chi connectivity index (χ2v) is 7.52. The molecule has 1 fully saturated rings. The fraction of sp³-hybridized carbons (Fsp3) is 0.647. The molecule has 1 atom stereocenters. The zero-order valence-electron chi connectivity index (χ0n) is 13.0. The van der Waals surface area contributed by atoms with E-state index >= 15 is 0 Å². The molecule has 1 unspecified atom stereocenters. The van der Waals surface area contributed by atoms with Gasteiger partial charge in [0.15, 0.2) is 0 Å². The van der Waals surface area contributed by atoms with Gasteiger partial charge in [-0.1, -0.05) is 36.2 Å². The Balaban J connectivity index is 2.17. The summed E-state index contributed by atoms with van der Waals surface area (Å²) in [6, 6.07) is 6.82. The number of nitrogens with two attached hydrogens (primary N) is 1. The molecule has 0 radical (unpaired) electrons. The Bertz CT molecular complexity index is 448. The van der Waals surface area contributed by atoms with E-state index in [1.54, 1.807) is 0 Å². The van der Waals surface area contributed by atoms with E-state index in [0.29, 0.717) is 5.41 Å². The third kappa shape index (κ3) is 3.76. The van der Waals surface area contributed by atoms with Gasteiger partial charge in [0, 0.05) is 29.3 Å². The second kappa shape index (κ2) is 6.48. The molecular formula is C17H27BrN2. The lowest BCUT2D eigenvalue weighted by Gasteiger charge is -2.40. The fourth-order valence-electron chi connectivity index (χ4n) is 3.01. The average molecular weight is 339 g/mol. The molecule has 1 aromatic rings. The van der Waals surface area contributed by atoms with E-state index < -0.39 is 0 Å². The number of hydrogen-bond acceptors (Lipinski definition) is 2. The summed E-state index contributed by atoms with van der Waals surface area (Å²) < 4.78 is 1.15. The van der Waals surface area contributed by atoms with Crippen molar-refractivity contribution < 1.29 is 0 Å². The van der Waals surface area contributed by atoms with Gasteiger partial charge in [-0.2, -0.15) is 0 Å². The molecule has 1 aliphatic heterocycles. The summed E-state index contributed by atoms with van der Waals surface area (Å²) in [6.45, 7) is 9.15. The van der Waals surface area contributed by atoms with Gasteiger partial charge >= 0.3 is 0 Å². The first-order chi connectivity index (χ1) is 9.43. The molecule has 3 heteroatoms. The van der Waals surface area contributed by atoms with Crippen molar-refractivity contribution in [3.05, 3.63) is 28.2 Å². The SMILES string of the molecule is CCC1(C)CCN(c2ccc(Br)cc2CC(C)N)CC1. The Morgan fingerprint density at radius 2 is 2.00 bits per heavy atom. The van der Waals surface area contributed by atoms with Crippen LogP contribution in [-0.4, -0.2) is 19.1 Å². The van der Waals surface area contributed by atoms with Gasteiger partial charge in [-0.25, -0.2) is 0 Å². The molecule has 112 valence electrons. The number of nitrogens with zero attached hydrogens (tertiary/aromatic N) is 1. The van der Waals surface area contributed by atoms with Gasteiger partial charge in [-0.15, -0.1) is 0 Å². The summed E-state index contributed by atoms with van der Waals surface area (Å²) >= 11 is 3.58. The van der Waals surface area contributed by atoms with Crippen LogP contribution in [0.2, 0.25) is 0 Å². The molecular weight excluding hydrogens is 312 g/mol. The van der Waals surface area contributed by atoms with Crippen molar-refractivity contribution in [1.82, 2.24) is 0 Å². The summed E-state index contributed by atoms with van der Waals surface area (Å²) in [7, 11) is 0. The maximum Gasteiger partial charge on any atom is 0.0400 e. The Morgan fingerprint density at radius 1 is 1.35 bits per heavy atom. The summed E-state index contributed by atoms with van der Waals surface area (Å²) in [5, 5.41) is 0. The van der Waals surface area contributed by atoms with E-state index in [9.17, 15) is 0 Å². The standard InChI is InChI=1S/C17H27BrN2/c1-4-17(3)7-9-20(10-8-17)16-6-5-15(18)12-14(16)11-13(2)19/h5-6,12-13H,4,7-11,19H2,1-3H3. The minimum absolute atomic E-state index is 0.203. The van der Waals surface area contributed by atoms with Crippen molar-refractivity contribution >= 4 is 21.6 Å². The first-order valence-electron chi connectivity index (χ1n) is 7.72. The lowest BCUT2D eigenvalue weighted by Crippen LogP contribution is -2.39. The highest BCUT2D eigenvalue weighted by Gasteiger charge is 2.29. The van der Waals surface area contributed by atoms with Gasteiger partial charge < -0.3 is 10.6 Å². The number of anilines is 1. The third-order valence-corrected chi connectivity index (χ3v) is 5.24. The predicted molar refractivity (Wildman–Crippen MR) is 91.3 cm³/mol. The molecule has 2 rings (SSSR count). The van der Waals surface area contributed by atoms with Crippen LogP contribution in [0.1, 0.15) is 45.6 Å². The molecule has 0 amide bonds. The van der Waals surface area contributed by atoms with Crippen molar-refractivity contribution in [2.24, 2.45) is 11.1 Å². The van der Waals surface area contributed by atoms with Gasteiger partial charge in [0.1, 0.15) is 0 Å². The van der Waals surface area contributed by atoms with Crippen LogP contribution in [0.25, 0.3) is 0 Å². The highest BCUT2D eigenvalue weighted by molar-refractivity contribution is 9.10. The van der Waals surface area contributed by atoms with E-state index in [1.165, 1.54) is 30.5 Å². The molecule has 1 saturated heterocycles. The van der Waals surface area contributed by atoms with Gasteiger partial charge in [0.25, 0.3) is 0 Å². The number of hydrogen-bond donors (Lipinski definition) is 1. The molecule has 2 nitrogen and oxygen atoms in total. The molecule has 0 bridgehead atoms. The molecule has 0 aromatic heterocycles. The van der Waals surface area contributed by atoms with Crippen LogP contribution >= 0.6 is 15.9 Å². The summed E-state index contributed by atoms with van der Waals surface area (Å²) in [5.41, 5.74) is 9.29. The number of rotatable bonds is 4. The van der Waals surface area contributed by atoms with E-state index in [4.69, 9.17) is 5.73 Å². The lowest BCUT2D eigenvalue weighted by atomic mass is 9.78. The number of halogens is 1. The molecule has 0 spiro atoms. The minimum atomic E-state index is 0.203. The van der Waals surface area contributed by atoms with Crippen molar-refractivity contribution in [3.63, 3.8) is 0 Å². The monoisotopic (exact) mass is 338 g/mol. The summed E-state index contributed by atoms with van der Waals surface area (Å²) in [4.78, 5) is 2.54. The normalized spacial score (nSPS) is 19.9. The van der Waals surface area contributed by atoms with Crippen molar-refractivity contribution in [2.75, 3.05) is 18.0 Å². The Labute approximate surface area is 131 Å². The number of benzene rings is 1. The largest absolute Gasteiger partial charge is 0.371 e. The van der Waals surface area contributed by atoms with E-state index in [2.05, 4.69) is 59.8 Å². The van der Waals surface area contributed by atoms with Crippen LogP contribution in [-0.2, 0) is 6.42 Å². The lowest BCUT2D eigenvalue weighted by molar-refractivity contribution is 0.238. The fourth-order valence-corrected chi connectivity index (χ4v) is 3.42. The minimum Gasteiger partial charge on any atom is -0.371 e. The van der Waals surface area contributed by atoms with Gasteiger partial charge in [0.05, 0.1) is 0 Å². The molecule has 1 aromatic carbocycles. The van der Waals surface area contributed by atoms with Crippen LogP contribution in [0.3, 0.4) is 0 Å². The molecule has 1 heterocycles. The smallest absolute Gasteiger partial charge is 0.0400 e. The van der Waals surface area contributed by atoms with E-state index in [-0.39, 0.29) is 6.04 Å². The van der Waals surface area contributed by atoms with Gasteiger partial charge in [-0.3, -0.25) is 0 Å². The Kier molecular flexibility index (Phi) is 5.14.